The first kappa shape index (κ1) is 12.4. The van der Waals surface area contributed by atoms with Gasteiger partial charge in [0.1, 0.15) is 17.4 Å². The lowest BCUT2D eigenvalue weighted by Gasteiger charge is -2.19. The molecule has 1 aliphatic rings. The van der Waals surface area contributed by atoms with Gasteiger partial charge in [-0.2, -0.15) is 0 Å². The van der Waals surface area contributed by atoms with E-state index in [9.17, 15) is 0 Å². The fraction of sp³-hybridized carbons (Fsp3) is 0.167. The number of nitrogens with two attached hydrogens (primary N) is 1. The minimum atomic E-state index is -0.0832. The zero-order chi connectivity index (χ0) is 14.2. The number of rotatable bonds is 2. The minimum absolute atomic E-state index is 0.0324. The van der Waals surface area contributed by atoms with E-state index in [4.69, 9.17) is 10.5 Å². The Morgan fingerprint density at radius 2 is 1.86 bits per heavy atom. The van der Waals surface area contributed by atoms with Gasteiger partial charge in [-0.25, -0.2) is 0 Å². The predicted molar refractivity (Wildman–Crippen MR) is 83.2 cm³/mol. The molecule has 2 atom stereocenters. The molecule has 0 fully saturated rings. The fourth-order valence-electron chi connectivity index (χ4n) is 3.04. The van der Waals surface area contributed by atoms with Crippen molar-refractivity contribution in [1.82, 2.24) is 4.98 Å². The standard InChI is InChI=1S/C18H16N2O/c19-17-14-8-2-1-5-13(14)11-16(17)21-15-9-3-6-12-7-4-10-20-18(12)15/h1-10,16-17H,11,19H2. The van der Waals surface area contributed by atoms with Gasteiger partial charge in [-0.3, -0.25) is 4.98 Å². The molecule has 21 heavy (non-hydrogen) atoms. The Morgan fingerprint density at radius 3 is 2.76 bits per heavy atom. The van der Waals surface area contributed by atoms with Crippen molar-refractivity contribution in [3.8, 4) is 5.75 Å². The summed E-state index contributed by atoms with van der Waals surface area (Å²) in [5.41, 5.74) is 9.70. The number of aromatic nitrogens is 1. The van der Waals surface area contributed by atoms with Gasteiger partial charge in [0.25, 0.3) is 0 Å². The van der Waals surface area contributed by atoms with Crippen LogP contribution in [0.5, 0.6) is 5.75 Å². The summed E-state index contributed by atoms with van der Waals surface area (Å²) in [6.45, 7) is 0. The van der Waals surface area contributed by atoms with Crippen molar-refractivity contribution in [3.63, 3.8) is 0 Å². The third-order valence-corrected chi connectivity index (χ3v) is 4.11. The van der Waals surface area contributed by atoms with Crippen LogP contribution in [0, 0.1) is 0 Å². The van der Waals surface area contributed by atoms with Gasteiger partial charge in [0, 0.05) is 18.0 Å². The first-order chi connectivity index (χ1) is 10.3. The van der Waals surface area contributed by atoms with Crippen molar-refractivity contribution in [1.29, 1.82) is 0 Å². The lowest BCUT2D eigenvalue weighted by Crippen LogP contribution is -2.27. The smallest absolute Gasteiger partial charge is 0.146 e. The lowest BCUT2D eigenvalue weighted by molar-refractivity contribution is 0.187. The second-order valence-electron chi connectivity index (χ2n) is 5.42. The summed E-state index contributed by atoms with van der Waals surface area (Å²) >= 11 is 0. The van der Waals surface area contributed by atoms with Crippen molar-refractivity contribution >= 4 is 10.9 Å². The van der Waals surface area contributed by atoms with Crippen LogP contribution < -0.4 is 10.5 Å². The predicted octanol–water partition coefficient (Wildman–Crippen LogP) is 3.24. The molecule has 3 nitrogen and oxygen atoms in total. The molecular formula is C18H16N2O. The van der Waals surface area contributed by atoms with Crippen LogP contribution in [0.2, 0.25) is 0 Å². The summed E-state index contributed by atoms with van der Waals surface area (Å²) in [5, 5.41) is 1.08. The summed E-state index contributed by atoms with van der Waals surface area (Å²) < 4.78 is 6.20. The molecular weight excluding hydrogens is 260 g/mol. The number of pyridine rings is 1. The fourth-order valence-corrected chi connectivity index (χ4v) is 3.04. The number of ether oxygens (including phenoxy) is 1. The molecule has 0 radical (unpaired) electrons. The first-order valence-electron chi connectivity index (χ1n) is 7.17. The molecule has 2 aromatic carbocycles. The van der Waals surface area contributed by atoms with E-state index in [0.29, 0.717) is 0 Å². The van der Waals surface area contributed by atoms with Crippen molar-refractivity contribution in [3.05, 3.63) is 71.9 Å². The van der Waals surface area contributed by atoms with E-state index in [1.807, 2.05) is 42.5 Å². The maximum Gasteiger partial charge on any atom is 0.146 e. The highest BCUT2D eigenvalue weighted by molar-refractivity contribution is 5.84. The number of hydrogen-bond acceptors (Lipinski definition) is 3. The molecule has 3 aromatic rings. The summed E-state index contributed by atoms with van der Waals surface area (Å²) in [4.78, 5) is 4.43. The van der Waals surface area contributed by atoms with Gasteiger partial charge in [0.2, 0.25) is 0 Å². The molecule has 2 unspecified atom stereocenters. The number of para-hydroxylation sites is 1. The maximum absolute atomic E-state index is 6.34. The van der Waals surface area contributed by atoms with E-state index in [1.165, 1.54) is 11.1 Å². The van der Waals surface area contributed by atoms with Gasteiger partial charge in [-0.05, 0) is 23.3 Å². The Hall–Kier alpha value is -2.39. The molecule has 0 saturated carbocycles. The quantitative estimate of drug-likeness (QED) is 0.781. The van der Waals surface area contributed by atoms with E-state index >= 15 is 0 Å². The summed E-state index contributed by atoms with van der Waals surface area (Å²) in [5.74, 6) is 0.807. The van der Waals surface area contributed by atoms with Crippen LogP contribution in [0.3, 0.4) is 0 Å². The first-order valence-corrected chi connectivity index (χ1v) is 7.17. The Morgan fingerprint density at radius 1 is 1.00 bits per heavy atom. The highest BCUT2D eigenvalue weighted by Crippen LogP contribution is 2.34. The molecule has 1 aromatic heterocycles. The minimum Gasteiger partial charge on any atom is -0.486 e. The molecule has 0 spiro atoms. The second kappa shape index (κ2) is 4.86. The Balaban J connectivity index is 1.68. The van der Waals surface area contributed by atoms with Crippen LogP contribution in [0.1, 0.15) is 17.2 Å². The average molecular weight is 276 g/mol. The second-order valence-corrected chi connectivity index (χ2v) is 5.42. The molecule has 0 amide bonds. The number of benzene rings is 2. The number of fused-ring (bicyclic) bond motifs is 2. The van der Waals surface area contributed by atoms with E-state index < -0.39 is 0 Å². The molecule has 0 bridgehead atoms. The van der Waals surface area contributed by atoms with Crippen molar-refractivity contribution in [2.24, 2.45) is 5.73 Å². The molecule has 1 aliphatic carbocycles. The molecule has 2 N–H and O–H groups in total. The van der Waals surface area contributed by atoms with Gasteiger partial charge in [0.05, 0.1) is 6.04 Å². The van der Waals surface area contributed by atoms with Gasteiger partial charge < -0.3 is 10.5 Å². The lowest BCUT2D eigenvalue weighted by atomic mass is 10.1. The van der Waals surface area contributed by atoms with Crippen LogP contribution in [-0.2, 0) is 6.42 Å². The largest absolute Gasteiger partial charge is 0.486 e. The maximum atomic E-state index is 6.34. The van der Waals surface area contributed by atoms with Crippen molar-refractivity contribution in [2.75, 3.05) is 0 Å². The summed E-state index contributed by atoms with van der Waals surface area (Å²) in [6, 6.07) is 18.2. The average Bonchev–Trinajstić information content (AvgIpc) is 2.85. The molecule has 3 heteroatoms. The normalized spacial score (nSPS) is 20.4. The van der Waals surface area contributed by atoms with Gasteiger partial charge in [-0.1, -0.05) is 42.5 Å². The molecule has 4 rings (SSSR count). The van der Waals surface area contributed by atoms with Crippen molar-refractivity contribution in [2.45, 2.75) is 18.6 Å². The van der Waals surface area contributed by atoms with Gasteiger partial charge >= 0.3 is 0 Å². The summed E-state index contributed by atoms with van der Waals surface area (Å²) in [7, 11) is 0. The zero-order valence-electron chi connectivity index (χ0n) is 11.6. The van der Waals surface area contributed by atoms with E-state index in [1.54, 1.807) is 6.20 Å². The SMILES string of the molecule is NC1c2ccccc2CC1Oc1cccc2cccnc12. The number of nitrogens with zero attached hydrogens (tertiary/aromatic N) is 1. The van der Waals surface area contributed by atoms with Gasteiger partial charge in [-0.15, -0.1) is 0 Å². The zero-order valence-corrected chi connectivity index (χ0v) is 11.6. The van der Waals surface area contributed by atoms with Crippen molar-refractivity contribution < 1.29 is 4.74 Å². The Kier molecular flexibility index (Phi) is 2.86. The van der Waals surface area contributed by atoms with Crippen LogP contribution in [0.4, 0.5) is 0 Å². The van der Waals surface area contributed by atoms with E-state index in [2.05, 4.69) is 17.1 Å². The Labute approximate surface area is 123 Å². The molecule has 0 saturated heterocycles. The van der Waals surface area contributed by atoms with Gasteiger partial charge in [0.15, 0.2) is 0 Å². The molecule has 104 valence electrons. The van der Waals surface area contributed by atoms with Crippen LogP contribution >= 0.6 is 0 Å². The van der Waals surface area contributed by atoms with E-state index in [0.717, 1.165) is 23.1 Å². The highest BCUT2D eigenvalue weighted by Gasteiger charge is 2.31. The topological polar surface area (TPSA) is 48.1 Å². The molecule has 0 aliphatic heterocycles. The summed E-state index contributed by atoms with van der Waals surface area (Å²) in [6.07, 6.45) is 2.61. The van der Waals surface area contributed by atoms with Crippen LogP contribution in [-0.4, -0.2) is 11.1 Å². The third kappa shape index (κ3) is 2.06. The van der Waals surface area contributed by atoms with Crippen LogP contribution in [0.25, 0.3) is 10.9 Å². The highest BCUT2D eigenvalue weighted by atomic mass is 16.5. The third-order valence-electron chi connectivity index (χ3n) is 4.11. The monoisotopic (exact) mass is 276 g/mol. The van der Waals surface area contributed by atoms with E-state index in [-0.39, 0.29) is 12.1 Å². The Bertz CT molecular complexity index is 795. The molecule has 1 heterocycles. The number of hydrogen-bond donors (Lipinski definition) is 1. The van der Waals surface area contributed by atoms with Crippen LogP contribution in [0.15, 0.2) is 60.8 Å².